The monoisotopic (exact) mass is 290 g/mol. The SMILES string of the molecule is Cc1c(CN(C)C(=O)c2ncn(C(C)(C)C)n2)cnn1C. The van der Waals surface area contributed by atoms with E-state index in [1.54, 1.807) is 33.8 Å². The number of amides is 1. The van der Waals surface area contributed by atoms with Crippen molar-refractivity contribution >= 4 is 5.91 Å². The first-order chi connectivity index (χ1) is 9.70. The molecule has 2 aromatic heterocycles. The maximum atomic E-state index is 12.4. The van der Waals surface area contributed by atoms with Gasteiger partial charge in [0.25, 0.3) is 5.91 Å². The number of rotatable bonds is 3. The highest BCUT2D eigenvalue weighted by atomic mass is 16.2. The van der Waals surface area contributed by atoms with Gasteiger partial charge in [-0.15, -0.1) is 5.10 Å². The second-order valence-corrected chi connectivity index (χ2v) is 6.22. The highest BCUT2D eigenvalue weighted by Crippen LogP contribution is 2.13. The fourth-order valence-corrected chi connectivity index (χ4v) is 1.88. The molecule has 0 fully saturated rings. The lowest BCUT2D eigenvalue weighted by Crippen LogP contribution is -2.28. The third-order valence-corrected chi connectivity index (χ3v) is 3.46. The van der Waals surface area contributed by atoms with Gasteiger partial charge in [0.1, 0.15) is 6.33 Å². The second kappa shape index (κ2) is 5.31. The highest BCUT2D eigenvalue weighted by molar-refractivity contribution is 5.90. The summed E-state index contributed by atoms with van der Waals surface area (Å²) in [5.41, 5.74) is 1.87. The van der Waals surface area contributed by atoms with Crippen molar-refractivity contribution in [3.63, 3.8) is 0 Å². The lowest BCUT2D eigenvalue weighted by Gasteiger charge is -2.18. The van der Waals surface area contributed by atoms with Gasteiger partial charge in [0, 0.05) is 31.9 Å². The first-order valence-electron chi connectivity index (χ1n) is 6.85. The van der Waals surface area contributed by atoms with Crippen LogP contribution in [0.2, 0.25) is 0 Å². The Balaban J connectivity index is 2.12. The molecule has 0 aromatic carbocycles. The summed E-state index contributed by atoms with van der Waals surface area (Å²) in [5.74, 6) is 0.0234. The molecule has 0 spiro atoms. The van der Waals surface area contributed by atoms with E-state index in [0.29, 0.717) is 6.54 Å². The van der Waals surface area contributed by atoms with Gasteiger partial charge in [0.05, 0.1) is 11.7 Å². The van der Waals surface area contributed by atoms with E-state index >= 15 is 0 Å². The van der Waals surface area contributed by atoms with Crippen LogP contribution in [0.5, 0.6) is 0 Å². The standard InChI is InChI=1S/C14H22N6O/c1-10-11(7-16-19(10)6)8-18(5)13(21)12-15-9-20(17-12)14(2,3)4/h7,9H,8H2,1-6H3. The Labute approximate surface area is 124 Å². The van der Waals surface area contributed by atoms with Gasteiger partial charge in [-0.05, 0) is 27.7 Å². The molecule has 0 N–H and O–H groups in total. The number of aromatic nitrogens is 5. The van der Waals surface area contributed by atoms with E-state index in [-0.39, 0.29) is 17.3 Å². The van der Waals surface area contributed by atoms with E-state index in [9.17, 15) is 4.79 Å². The minimum absolute atomic E-state index is 0.190. The minimum Gasteiger partial charge on any atom is -0.334 e. The maximum Gasteiger partial charge on any atom is 0.293 e. The normalized spacial score (nSPS) is 11.7. The van der Waals surface area contributed by atoms with Gasteiger partial charge in [0.15, 0.2) is 0 Å². The topological polar surface area (TPSA) is 68.8 Å². The lowest BCUT2D eigenvalue weighted by molar-refractivity contribution is 0.0772. The average Bonchev–Trinajstić information content (AvgIpc) is 3.00. The summed E-state index contributed by atoms with van der Waals surface area (Å²) < 4.78 is 3.49. The molecule has 2 rings (SSSR count). The molecule has 1 amide bonds. The summed E-state index contributed by atoms with van der Waals surface area (Å²) in [5, 5.41) is 8.45. The number of carbonyl (C=O) groups excluding carboxylic acids is 1. The Hall–Kier alpha value is -2.18. The zero-order valence-electron chi connectivity index (χ0n) is 13.5. The quantitative estimate of drug-likeness (QED) is 0.855. The summed E-state index contributed by atoms with van der Waals surface area (Å²) >= 11 is 0. The number of aryl methyl sites for hydroxylation is 1. The van der Waals surface area contributed by atoms with Crippen LogP contribution in [0.3, 0.4) is 0 Å². The van der Waals surface area contributed by atoms with Crippen LogP contribution >= 0.6 is 0 Å². The third kappa shape index (κ3) is 3.12. The van der Waals surface area contributed by atoms with Crippen LogP contribution in [-0.2, 0) is 19.1 Å². The summed E-state index contributed by atoms with van der Waals surface area (Å²) in [6, 6.07) is 0. The van der Waals surface area contributed by atoms with Gasteiger partial charge >= 0.3 is 0 Å². The zero-order chi connectivity index (χ0) is 15.8. The maximum absolute atomic E-state index is 12.4. The second-order valence-electron chi connectivity index (χ2n) is 6.22. The average molecular weight is 290 g/mol. The van der Waals surface area contributed by atoms with Crippen molar-refractivity contribution in [3.8, 4) is 0 Å². The Bertz CT molecular complexity index is 649. The Morgan fingerprint density at radius 1 is 1.38 bits per heavy atom. The molecule has 0 aliphatic heterocycles. The number of hydrogen-bond acceptors (Lipinski definition) is 4. The largest absolute Gasteiger partial charge is 0.334 e. The van der Waals surface area contributed by atoms with Gasteiger partial charge in [0.2, 0.25) is 5.82 Å². The lowest BCUT2D eigenvalue weighted by atomic mass is 10.1. The van der Waals surface area contributed by atoms with Gasteiger partial charge in [-0.1, -0.05) is 0 Å². The highest BCUT2D eigenvalue weighted by Gasteiger charge is 2.21. The Kier molecular flexibility index (Phi) is 3.85. The van der Waals surface area contributed by atoms with Crippen LogP contribution in [0.25, 0.3) is 0 Å². The van der Waals surface area contributed by atoms with Gasteiger partial charge in [-0.3, -0.25) is 9.48 Å². The van der Waals surface area contributed by atoms with Crippen LogP contribution in [0.4, 0.5) is 0 Å². The molecule has 2 aromatic rings. The van der Waals surface area contributed by atoms with E-state index in [1.807, 2.05) is 34.7 Å². The molecule has 0 saturated carbocycles. The molecular formula is C14H22N6O. The summed E-state index contributed by atoms with van der Waals surface area (Å²) in [6.45, 7) is 8.51. The predicted molar refractivity (Wildman–Crippen MR) is 78.8 cm³/mol. The number of carbonyl (C=O) groups is 1. The first kappa shape index (κ1) is 15.2. The van der Waals surface area contributed by atoms with Crippen molar-refractivity contribution in [3.05, 3.63) is 29.6 Å². The molecule has 0 radical (unpaired) electrons. The molecule has 7 nitrogen and oxygen atoms in total. The molecule has 0 atom stereocenters. The van der Waals surface area contributed by atoms with Gasteiger partial charge < -0.3 is 4.90 Å². The molecule has 114 valence electrons. The summed E-state index contributed by atoms with van der Waals surface area (Å²) in [4.78, 5) is 18.1. The zero-order valence-corrected chi connectivity index (χ0v) is 13.5. The number of hydrogen-bond donors (Lipinski definition) is 0. The van der Waals surface area contributed by atoms with E-state index in [1.165, 1.54) is 0 Å². The molecule has 0 bridgehead atoms. The van der Waals surface area contributed by atoms with Crippen molar-refractivity contribution in [2.75, 3.05) is 7.05 Å². The molecule has 0 aliphatic carbocycles. The molecule has 7 heteroatoms. The van der Waals surface area contributed by atoms with Crippen molar-refractivity contribution in [1.29, 1.82) is 0 Å². The van der Waals surface area contributed by atoms with E-state index < -0.39 is 0 Å². The van der Waals surface area contributed by atoms with Crippen molar-refractivity contribution in [1.82, 2.24) is 29.4 Å². The fourth-order valence-electron chi connectivity index (χ4n) is 1.88. The van der Waals surface area contributed by atoms with Crippen LogP contribution in [0.1, 0.15) is 42.6 Å². The first-order valence-corrected chi connectivity index (χ1v) is 6.85. The smallest absolute Gasteiger partial charge is 0.293 e. The van der Waals surface area contributed by atoms with E-state index in [0.717, 1.165) is 11.3 Å². The van der Waals surface area contributed by atoms with Crippen molar-refractivity contribution in [2.24, 2.45) is 7.05 Å². The van der Waals surface area contributed by atoms with Crippen LogP contribution in [0, 0.1) is 6.92 Å². The Morgan fingerprint density at radius 2 is 2.05 bits per heavy atom. The van der Waals surface area contributed by atoms with E-state index in [4.69, 9.17) is 0 Å². The van der Waals surface area contributed by atoms with E-state index in [2.05, 4.69) is 15.2 Å². The Morgan fingerprint density at radius 3 is 2.52 bits per heavy atom. The van der Waals surface area contributed by atoms with Gasteiger partial charge in [-0.25, -0.2) is 9.67 Å². The number of nitrogens with zero attached hydrogens (tertiary/aromatic N) is 6. The minimum atomic E-state index is -0.193. The van der Waals surface area contributed by atoms with Crippen LogP contribution < -0.4 is 0 Å². The third-order valence-electron chi connectivity index (χ3n) is 3.46. The van der Waals surface area contributed by atoms with Gasteiger partial charge in [-0.2, -0.15) is 5.10 Å². The van der Waals surface area contributed by atoms with Crippen molar-refractivity contribution < 1.29 is 4.79 Å². The van der Waals surface area contributed by atoms with Crippen molar-refractivity contribution in [2.45, 2.75) is 39.8 Å². The predicted octanol–water partition coefficient (Wildman–Crippen LogP) is 1.35. The molecule has 2 heterocycles. The summed E-state index contributed by atoms with van der Waals surface area (Å²) in [6.07, 6.45) is 3.37. The molecular weight excluding hydrogens is 268 g/mol. The van der Waals surface area contributed by atoms with Crippen LogP contribution in [0.15, 0.2) is 12.5 Å². The molecule has 0 aliphatic rings. The summed E-state index contributed by atoms with van der Waals surface area (Å²) in [7, 11) is 3.62. The molecule has 21 heavy (non-hydrogen) atoms. The fraction of sp³-hybridized carbons (Fsp3) is 0.571. The van der Waals surface area contributed by atoms with Crippen LogP contribution in [-0.4, -0.2) is 42.4 Å². The molecule has 0 unspecified atom stereocenters. The molecule has 0 saturated heterocycles.